The van der Waals surface area contributed by atoms with Gasteiger partial charge in [0.05, 0.1) is 26.7 Å². The lowest BCUT2D eigenvalue weighted by molar-refractivity contribution is -0.909. The molecule has 1 aliphatic rings. The predicted molar refractivity (Wildman–Crippen MR) is 77.1 cm³/mol. The number of likely N-dealkylation sites (tertiary alicyclic amines) is 1. The van der Waals surface area contributed by atoms with E-state index >= 15 is 0 Å². The summed E-state index contributed by atoms with van der Waals surface area (Å²) < 4.78 is 1.27. The molecule has 0 atom stereocenters. The van der Waals surface area contributed by atoms with E-state index in [1.165, 1.54) is 68.2 Å². The Labute approximate surface area is 131 Å². The van der Waals surface area contributed by atoms with E-state index in [0.717, 1.165) is 0 Å². The molecule has 0 amide bonds. The molecule has 0 N–H and O–H groups in total. The Morgan fingerprint density at radius 3 is 2.33 bits per heavy atom. The lowest BCUT2D eigenvalue weighted by Gasteiger charge is -2.38. The van der Waals surface area contributed by atoms with Gasteiger partial charge in [-0.05, 0) is 57.9 Å². The van der Waals surface area contributed by atoms with Crippen molar-refractivity contribution in [2.75, 3.05) is 26.7 Å². The van der Waals surface area contributed by atoms with Gasteiger partial charge in [-0.25, -0.2) is 0 Å². The Morgan fingerprint density at radius 1 is 1.17 bits per heavy atom. The zero-order chi connectivity index (χ0) is 12.7. The average Bonchev–Trinajstić information content (AvgIpc) is 2.24. The Kier molecular flexibility index (Phi) is 9.22. The number of halogens is 1. The molecule has 1 nitrogen and oxygen atoms in total. The van der Waals surface area contributed by atoms with Crippen molar-refractivity contribution in [3.05, 3.63) is 23.8 Å². The van der Waals surface area contributed by atoms with Crippen LogP contribution in [0.2, 0.25) is 0 Å². The molecule has 1 heterocycles. The molecule has 106 valence electrons. The van der Waals surface area contributed by atoms with Gasteiger partial charge in [0.25, 0.3) is 0 Å². The number of hydrogen-bond donors (Lipinski definition) is 0. The van der Waals surface area contributed by atoms with Crippen molar-refractivity contribution in [2.45, 2.75) is 52.4 Å². The minimum Gasteiger partial charge on any atom is -1.00 e. The summed E-state index contributed by atoms with van der Waals surface area (Å²) in [6.45, 7) is 12.4. The van der Waals surface area contributed by atoms with Crippen LogP contribution in [0.5, 0.6) is 0 Å². The van der Waals surface area contributed by atoms with Crippen molar-refractivity contribution < 1.29 is 28.5 Å². The van der Waals surface area contributed by atoms with Gasteiger partial charge in [-0.15, -0.1) is 6.58 Å². The maximum atomic E-state index is 3.95. The zero-order valence-corrected chi connectivity index (χ0v) is 14.6. The maximum absolute atomic E-state index is 3.95. The lowest BCUT2D eigenvalue weighted by Crippen LogP contribution is -3.00. The first-order chi connectivity index (χ1) is 8.02. The zero-order valence-electron chi connectivity index (χ0n) is 12.5. The Hall–Kier alpha value is 0.170. The second kappa shape index (κ2) is 9.13. The van der Waals surface area contributed by atoms with Gasteiger partial charge in [0.1, 0.15) is 0 Å². The summed E-state index contributed by atoms with van der Waals surface area (Å²) in [7, 11) is 2.42. The van der Waals surface area contributed by atoms with E-state index in [2.05, 4.69) is 33.6 Å². The molecule has 18 heavy (non-hydrogen) atoms. The predicted octanol–water partition coefficient (Wildman–Crippen LogP) is 1.31. The van der Waals surface area contributed by atoms with Crippen LogP contribution in [-0.4, -0.2) is 31.2 Å². The number of hydrogen-bond acceptors (Lipinski definition) is 0. The fourth-order valence-corrected chi connectivity index (χ4v) is 2.85. The van der Waals surface area contributed by atoms with E-state index < -0.39 is 0 Å². The van der Waals surface area contributed by atoms with Gasteiger partial charge in [-0.3, -0.25) is 0 Å². The molecule has 0 aromatic carbocycles. The number of rotatable bonds is 6. The molecule has 2 heteroatoms. The van der Waals surface area contributed by atoms with Crippen LogP contribution < -0.4 is 24.0 Å². The topological polar surface area (TPSA) is 0 Å². The van der Waals surface area contributed by atoms with Crippen LogP contribution in [0, 0.1) is 0 Å². The molecule has 0 unspecified atom stereocenters. The number of quaternary nitrogens is 1. The van der Waals surface area contributed by atoms with Crippen LogP contribution in [0.3, 0.4) is 0 Å². The van der Waals surface area contributed by atoms with E-state index in [-0.39, 0.29) is 24.0 Å². The standard InChI is InChI=1S/C16H30N.HI/c1-15(2)10-6-7-11-16(3)14-17(4)12-8-5-9-13-17;/h11H,1,5-10,12-14H2,2-4H3;1H/q+1;/p-1/b16-11+;. The second-order valence-corrected chi connectivity index (χ2v) is 6.19. The molecule has 0 bridgehead atoms. The van der Waals surface area contributed by atoms with Crippen molar-refractivity contribution in [2.24, 2.45) is 0 Å². The SMILES string of the molecule is C=C(C)CCC/C=C(\C)C[N+]1(C)CCCCC1.[I-]. The number of nitrogens with zero attached hydrogens (tertiary/aromatic N) is 1. The molecule has 1 fully saturated rings. The molecule has 0 spiro atoms. The number of likely N-dealkylation sites (N-methyl/N-ethyl adjacent to an activating group) is 1. The molecule has 0 aliphatic carbocycles. The third kappa shape index (κ3) is 7.57. The average molecular weight is 363 g/mol. The van der Waals surface area contributed by atoms with Gasteiger partial charge in [0.2, 0.25) is 0 Å². The Bertz CT molecular complexity index is 275. The van der Waals surface area contributed by atoms with Gasteiger partial charge < -0.3 is 28.5 Å². The van der Waals surface area contributed by atoms with Crippen molar-refractivity contribution in [3.8, 4) is 0 Å². The Morgan fingerprint density at radius 2 is 1.78 bits per heavy atom. The van der Waals surface area contributed by atoms with Crippen molar-refractivity contribution in [3.63, 3.8) is 0 Å². The molecule has 1 rings (SSSR count). The summed E-state index contributed by atoms with van der Waals surface area (Å²) in [5.74, 6) is 0. The first kappa shape index (κ1) is 18.2. The molecule has 0 radical (unpaired) electrons. The van der Waals surface area contributed by atoms with Crippen LogP contribution in [0.25, 0.3) is 0 Å². The van der Waals surface area contributed by atoms with E-state index in [4.69, 9.17) is 0 Å². The highest BCUT2D eigenvalue weighted by molar-refractivity contribution is 4.99. The van der Waals surface area contributed by atoms with Crippen LogP contribution >= 0.6 is 0 Å². The van der Waals surface area contributed by atoms with Crippen molar-refractivity contribution in [1.82, 2.24) is 0 Å². The van der Waals surface area contributed by atoms with Gasteiger partial charge in [0.15, 0.2) is 0 Å². The smallest absolute Gasteiger partial charge is 0.0998 e. The normalized spacial score (nSPS) is 19.2. The summed E-state index contributed by atoms with van der Waals surface area (Å²) >= 11 is 0. The second-order valence-electron chi connectivity index (χ2n) is 6.19. The molecule has 0 aromatic rings. The highest BCUT2D eigenvalue weighted by Crippen LogP contribution is 2.18. The quantitative estimate of drug-likeness (QED) is 0.289. The number of allylic oxidation sites excluding steroid dienone is 2. The van der Waals surface area contributed by atoms with Crippen molar-refractivity contribution in [1.29, 1.82) is 0 Å². The molecular weight excluding hydrogens is 333 g/mol. The van der Waals surface area contributed by atoms with Crippen molar-refractivity contribution >= 4 is 0 Å². The van der Waals surface area contributed by atoms with Crippen LogP contribution in [0.15, 0.2) is 23.8 Å². The van der Waals surface area contributed by atoms with E-state index in [9.17, 15) is 0 Å². The molecule has 0 saturated carbocycles. The fourth-order valence-electron chi connectivity index (χ4n) is 2.85. The summed E-state index contributed by atoms with van der Waals surface area (Å²) in [5, 5.41) is 0. The van der Waals surface area contributed by atoms with E-state index in [1.54, 1.807) is 5.57 Å². The van der Waals surface area contributed by atoms with E-state index in [0.29, 0.717) is 0 Å². The minimum absolute atomic E-state index is 0. The summed E-state index contributed by atoms with van der Waals surface area (Å²) in [6, 6.07) is 0. The van der Waals surface area contributed by atoms with Crippen LogP contribution in [-0.2, 0) is 0 Å². The van der Waals surface area contributed by atoms with Gasteiger partial charge in [0, 0.05) is 0 Å². The van der Waals surface area contributed by atoms with Crippen LogP contribution in [0.4, 0.5) is 0 Å². The van der Waals surface area contributed by atoms with Crippen LogP contribution in [0.1, 0.15) is 52.4 Å². The Balaban J connectivity index is 0.00000289. The highest BCUT2D eigenvalue weighted by Gasteiger charge is 2.24. The number of piperidine rings is 1. The van der Waals surface area contributed by atoms with E-state index in [1.807, 2.05) is 0 Å². The minimum atomic E-state index is 0. The maximum Gasteiger partial charge on any atom is 0.0998 e. The van der Waals surface area contributed by atoms with Gasteiger partial charge in [-0.1, -0.05) is 11.6 Å². The molecular formula is C16H30IN. The monoisotopic (exact) mass is 363 g/mol. The summed E-state index contributed by atoms with van der Waals surface area (Å²) in [5.41, 5.74) is 2.89. The van der Waals surface area contributed by atoms with Gasteiger partial charge in [-0.2, -0.15) is 0 Å². The third-order valence-electron chi connectivity index (χ3n) is 3.83. The fraction of sp³-hybridized carbons (Fsp3) is 0.750. The molecule has 0 aromatic heterocycles. The number of unbranched alkanes of at least 4 members (excludes halogenated alkanes) is 1. The van der Waals surface area contributed by atoms with Gasteiger partial charge >= 0.3 is 0 Å². The highest BCUT2D eigenvalue weighted by atomic mass is 127. The summed E-state index contributed by atoms with van der Waals surface area (Å²) in [6.07, 6.45) is 10.4. The third-order valence-corrected chi connectivity index (χ3v) is 3.83. The summed E-state index contributed by atoms with van der Waals surface area (Å²) in [4.78, 5) is 0. The first-order valence-electron chi connectivity index (χ1n) is 7.15. The lowest BCUT2D eigenvalue weighted by atomic mass is 10.1. The molecule has 1 aliphatic heterocycles. The largest absolute Gasteiger partial charge is 1.00 e. The molecule has 1 saturated heterocycles. The first-order valence-corrected chi connectivity index (χ1v) is 7.15.